The van der Waals surface area contributed by atoms with Crippen LogP contribution in [-0.2, 0) is 21.7 Å². The molecule has 0 radical (unpaired) electrons. The third-order valence-corrected chi connectivity index (χ3v) is 8.10. The van der Waals surface area contributed by atoms with Gasteiger partial charge in [0.25, 0.3) is 0 Å². The molecule has 2 aromatic rings. The summed E-state index contributed by atoms with van der Waals surface area (Å²) in [5.41, 5.74) is 1.91. The van der Waals surface area contributed by atoms with E-state index >= 15 is 0 Å². The Kier molecular flexibility index (Phi) is 5.90. The van der Waals surface area contributed by atoms with Gasteiger partial charge in [0.05, 0.1) is 19.0 Å². The van der Waals surface area contributed by atoms with Crippen LogP contribution in [0, 0.1) is 11.7 Å². The fraction of sp³-hybridized carbons (Fsp3) is 0.464. The van der Waals surface area contributed by atoms with Crippen LogP contribution < -0.4 is 10.6 Å². The second kappa shape index (κ2) is 9.13. The normalized spacial score (nSPS) is 23.6. The number of nitrogens with zero attached hydrogens (tertiary/aromatic N) is 2. The number of hydrogen-bond acceptors (Lipinski definition) is 6. The van der Waals surface area contributed by atoms with Gasteiger partial charge >= 0.3 is 6.09 Å². The predicted octanol–water partition coefficient (Wildman–Crippen LogP) is 3.27. The Hall–Kier alpha value is -3.46. The Morgan fingerprint density at radius 3 is 2.65 bits per heavy atom. The zero-order chi connectivity index (χ0) is 25.7. The van der Waals surface area contributed by atoms with E-state index in [1.54, 1.807) is 17.0 Å². The minimum Gasteiger partial charge on any atom is -0.435 e. The molecule has 8 nitrogen and oxygen atoms in total. The number of carbonyl (C=O) groups is 3. The molecule has 2 saturated heterocycles. The Balaban J connectivity index is 1.18. The first kappa shape index (κ1) is 23.9. The highest BCUT2D eigenvalue weighted by molar-refractivity contribution is 6.03. The number of hydrogen-bond donors (Lipinski definition) is 2. The van der Waals surface area contributed by atoms with Crippen molar-refractivity contribution in [1.29, 1.82) is 0 Å². The number of rotatable bonds is 8. The van der Waals surface area contributed by atoms with E-state index in [1.807, 2.05) is 25.1 Å². The summed E-state index contributed by atoms with van der Waals surface area (Å²) < 4.78 is 19.2. The Bertz CT molecular complexity index is 1240. The van der Waals surface area contributed by atoms with E-state index in [2.05, 4.69) is 10.6 Å². The first-order chi connectivity index (χ1) is 17.8. The predicted molar refractivity (Wildman–Crippen MR) is 135 cm³/mol. The van der Waals surface area contributed by atoms with Crippen LogP contribution in [0.4, 0.5) is 14.9 Å². The Morgan fingerprint density at radius 1 is 1.22 bits per heavy atom. The monoisotopic (exact) mass is 506 g/mol. The lowest BCUT2D eigenvalue weighted by Gasteiger charge is -2.31. The molecule has 1 saturated carbocycles. The molecule has 2 aliphatic carbocycles. The van der Waals surface area contributed by atoms with Crippen molar-refractivity contribution in [3.8, 4) is 0 Å². The minimum atomic E-state index is -1.07. The molecule has 0 bridgehead atoms. The lowest BCUT2D eigenvalue weighted by atomic mass is 9.95. The number of Topliss-reactive ketones (excluding diaryl/α,β-unsaturated/α-hetero) is 1. The lowest BCUT2D eigenvalue weighted by molar-refractivity contribution is -0.134. The molecule has 37 heavy (non-hydrogen) atoms. The van der Waals surface area contributed by atoms with Gasteiger partial charge in [0.2, 0.25) is 5.91 Å². The van der Waals surface area contributed by atoms with E-state index in [9.17, 15) is 18.8 Å². The van der Waals surface area contributed by atoms with Gasteiger partial charge in [-0.25, -0.2) is 9.18 Å². The van der Waals surface area contributed by atoms with Crippen molar-refractivity contribution in [3.05, 3.63) is 65.0 Å². The summed E-state index contributed by atoms with van der Waals surface area (Å²) in [5.74, 6) is -0.141. The number of anilines is 1. The number of nitrogens with one attached hydrogen (secondary N) is 2. The molecule has 4 aliphatic rings. The quantitative estimate of drug-likeness (QED) is 0.571. The second-order valence-electron chi connectivity index (χ2n) is 10.8. The van der Waals surface area contributed by atoms with Crippen molar-refractivity contribution < 1.29 is 23.5 Å². The number of benzene rings is 2. The van der Waals surface area contributed by atoms with Crippen LogP contribution in [0.25, 0.3) is 0 Å². The average Bonchev–Trinajstić information content (AvgIpc) is 3.61. The zero-order valence-electron chi connectivity index (χ0n) is 20.8. The number of halogens is 1. The van der Waals surface area contributed by atoms with Gasteiger partial charge in [-0.1, -0.05) is 18.2 Å². The van der Waals surface area contributed by atoms with E-state index in [4.69, 9.17) is 4.74 Å². The first-order valence-corrected chi connectivity index (χ1v) is 13.0. The van der Waals surface area contributed by atoms with Gasteiger partial charge < -0.3 is 20.3 Å². The van der Waals surface area contributed by atoms with Crippen molar-refractivity contribution >= 4 is 23.5 Å². The summed E-state index contributed by atoms with van der Waals surface area (Å²) in [6, 6.07) is 12.1. The number of ketones is 1. The summed E-state index contributed by atoms with van der Waals surface area (Å²) in [7, 11) is 0. The third kappa shape index (κ3) is 4.56. The van der Waals surface area contributed by atoms with E-state index < -0.39 is 11.7 Å². The van der Waals surface area contributed by atoms with Crippen molar-refractivity contribution in [3.63, 3.8) is 0 Å². The largest absolute Gasteiger partial charge is 0.435 e. The van der Waals surface area contributed by atoms with Gasteiger partial charge in [-0.3, -0.25) is 14.5 Å². The molecule has 9 heteroatoms. The summed E-state index contributed by atoms with van der Waals surface area (Å²) in [5, 5.41) is 6.62. The highest BCUT2D eigenvalue weighted by atomic mass is 19.1. The molecule has 194 valence electrons. The highest BCUT2D eigenvalue weighted by Crippen LogP contribution is 2.45. The molecule has 3 fully saturated rings. The van der Waals surface area contributed by atoms with Gasteiger partial charge in [0.15, 0.2) is 11.4 Å². The number of fused-ring (bicyclic) bond motifs is 2. The van der Waals surface area contributed by atoms with Crippen LogP contribution in [0.1, 0.15) is 47.7 Å². The second-order valence-corrected chi connectivity index (χ2v) is 10.8. The molecule has 2 N–H and O–H groups in total. The van der Waals surface area contributed by atoms with Crippen LogP contribution >= 0.6 is 0 Å². The van der Waals surface area contributed by atoms with Crippen LogP contribution in [0.5, 0.6) is 0 Å². The molecule has 2 aromatic carbocycles. The fourth-order valence-corrected chi connectivity index (χ4v) is 5.66. The van der Waals surface area contributed by atoms with E-state index in [0.29, 0.717) is 29.6 Å². The molecular formula is C28H31FN4O4. The molecule has 2 amide bonds. The molecule has 1 unspecified atom stereocenters. The molecule has 2 heterocycles. The standard InChI is InChI=1S/C28H31FN4O4/c1-17(19-4-5-19)33(14-18-2-6-20(29)7-3-18)26(35)15-32-16-28(37-27(32)36)11-25(34)23-10-21(8-9-24(23)28)31-22-12-30-13-22/h2-3,6-10,17,19,22,30-31H,4-5,11-16H2,1H3/t17-,28?/m0/s1. The number of carbonyl (C=O) groups excluding carboxylic acids is 3. The summed E-state index contributed by atoms with van der Waals surface area (Å²) in [4.78, 5) is 42.6. The number of ether oxygens (including phenoxy) is 1. The maximum Gasteiger partial charge on any atom is 0.411 e. The van der Waals surface area contributed by atoms with Crippen molar-refractivity contribution in [1.82, 2.24) is 15.1 Å². The zero-order valence-corrected chi connectivity index (χ0v) is 20.8. The maximum absolute atomic E-state index is 13.5. The highest BCUT2D eigenvalue weighted by Gasteiger charge is 2.54. The average molecular weight is 507 g/mol. The van der Waals surface area contributed by atoms with Crippen molar-refractivity contribution in [2.75, 3.05) is 31.5 Å². The van der Waals surface area contributed by atoms with Gasteiger partial charge in [-0.05, 0) is 55.5 Å². The smallest absolute Gasteiger partial charge is 0.411 e. The number of amides is 2. The van der Waals surface area contributed by atoms with Crippen LogP contribution in [-0.4, -0.2) is 65.8 Å². The fourth-order valence-electron chi connectivity index (χ4n) is 5.66. The van der Waals surface area contributed by atoms with Gasteiger partial charge in [0.1, 0.15) is 12.4 Å². The van der Waals surface area contributed by atoms with Gasteiger partial charge in [-0.2, -0.15) is 0 Å². The van der Waals surface area contributed by atoms with Crippen LogP contribution in [0.15, 0.2) is 42.5 Å². The van der Waals surface area contributed by atoms with Crippen LogP contribution in [0.2, 0.25) is 0 Å². The Morgan fingerprint density at radius 2 is 1.97 bits per heavy atom. The van der Waals surface area contributed by atoms with Crippen molar-refractivity contribution in [2.24, 2.45) is 5.92 Å². The van der Waals surface area contributed by atoms with Crippen molar-refractivity contribution in [2.45, 2.75) is 50.4 Å². The summed E-state index contributed by atoms with van der Waals surface area (Å²) in [6.45, 7) is 4.16. The summed E-state index contributed by atoms with van der Waals surface area (Å²) in [6.07, 6.45) is 1.62. The SMILES string of the molecule is C[C@@H](C1CC1)N(Cc1ccc(F)cc1)C(=O)CN1CC2(CC(=O)c3cc(NC4CNC4)ccc32)OC1=O. The van der Waals surface area contributed by atoms with Gasteiger partial charge in [0, 0.05) is 42.5 Å². The third-order valence-electron chi connectivity index (χ3n) is 8.10. The first-order valence-electron chi connectivity index (χ1n) is 13.0. The van der Waals surface area contributed by atoms with E-state index in [-0.39, 0.29) is 43.1 Å². The molecule has 2 atom stereocenters. The molecule has 1 spiro atoms. The Labute approximate surface area is 215 Å². The van der Waals surface area contributed by atoms with Gasteiger partial charge in [-0.15, -0.1) is 0 Å². The minimum absolute atomic E-state index is 0.00992. The topological polar surface area (TPSA) is 91.0 Å². The van der Waals surface area contributed by atoms with E-state index in [0.717, 1.165) is 37.2 Å². The van der Waals surface area contributed by atoms with E-state index in [1.165, 1.54) is 17.0 Å². The maximum atomic E-state index is 13.5. The molecule has 0 aromatic heterocycles. The van der Waals surface area contributed by atoms with Crippen LogP contribution in [0.3, 0.4) is 0 Å². The molecule has 6 rings (SSSR count). The summed E-state index contributed by atoms with van der Waals surface area (Å²) >= 11 is 0. The molecule has 2 aliphatic heterocycles. The lowest BCUT2D eigenvalue weighted by Crippen LogP contribution is -2.51. The molecular weight excluding hydrogens is 475 g/mol.